The highest BCUT2D eigenvalue weighted by atomic mass is 32.2. The van der Waals surface area contributed by atoms with Crippen LogP contribution in [0.25, 0.3) is 6.08 Å². The van der Waals surface area contributed by atoms with E-state index in [9.17, 15) is 14.9 Å². The van der Waals surface area contributed by atoms with Crippen LogP contribution < -0.4 is 15.4 Å². The van der Waals surface area contributed by atoms with Crippen LogP contribution in [0.3, 0.4) is 0 Å². The van der Waals surface area contributed by atoms with Gasteiger partial charge >= 0.3 is 0 Å². The zero-order valence-corrected chi connectivity index (χ0v) is 20.8. The van der Waals surface area contributed by atoms with Crippen molar-refractivity contribution in [3.8, 4) is 6.07 Å². The van der Waals surface area contributed by atoms with Crippen LogP contribution in [-0.4, -0.2) is 52.4 Å². The third-order valence-electron chi connectivity index (χ3n) is 6.13. The van der Waals surface area contributed by atoms with Crippen molar-refractivity contribution in [3.63, 3.8) is 0 Å². The van der Waals surface area contributed by atoms with E-state index in [1.54, 1.807) is 26.1 Å². The second-order valence-electron chi connectivity index (χ2n) is 8.10. The van der Waals surface area contributed by atoms with Crippen LogP contribution in [-0.2, 0) is 11.8 Å². The van der Waals surface area contributed by atoms with Crippen LogP contribution >= 0.6 is 24.0 Å². The Hall–Kier alpha value is -3.35. The minimum absolute atomic E-state index is 0.0852. The van der Waals surface area contributed by atoms with Gasteiger partial charge in [-0.15, -0.1) is 6.58 Å². The molecule has 0 spiro atoms. The predicted octanol–water partition coefficient (Wildman–Crippen LogP) is 3.28. The molecule has 1 amide bonds. The Kier molecular flexibility index (Phi) is 6.91. The number of benzene rings is 1. The number of amides is 1. The summed E-state index contributed by atoms with van der Waals surface area (Å²) in [6, 6.07) is 12.3. The minimum atomic E-state index is -0.336. The minimum Gasteiger partial charge on any atom is -0.368 e. The first-order valence-electron chi connectivity index (χ1n) is 10.9. The molecule has 2 aliphatic heterocycles. The summed E-state index contributed by atoms with van der Waals surface area (Å²) in [6.45, 7) is 8.78. The van der Waals surface area contributed by atoms with Gasteiger partial charge in [-0.3, -0.25) is 19.1 Å². The largest absolute Gasteiger partial charge is 0.368 e. The molecular weight excluding hydrogens is 466 g/mol. The number of nitriles is 1. The van der Waals surface area contributed by atoms with E-state index in [1.807, 2.05) is 24.3 Å². The molecule has 0 bridgehead atoms. The van der Waals surface area contributed by atoms with Gasteiger partial charge in [0.2, 0.25) is 0 Å². The molecule has 0 atom stereocenters. The van der Waals surface area contributed by atoms with Gasteiger partial charge in [0.25, 0.3) is 11.5 Å². The fourth-order valence-corrected chi connectivity index (χ4v) is 5.58. The van der Waals surface area contributed by atoms with Crippen LogP contribution in [0.1, 0.15) is 16.7 Å². The molecule has 3 heterocycles. The maximum Gasteiger partial charge on any atom is 0.270 e. The SMILES string of the molecule is C=CCN1C(=O)/C(=C/c2c(C)c(C#N)c(=O)n(C)c2N2CCN(c3ccccc3)CC2)SC1=S. The third-order valence-corrected chi connectivity index (χ3v) is 7.51. The molecule has 34 heavy (non-hydrogen) atoms. The monoisotopic (exact) mass is 491 g/mol. The number of rotatable bonds is 5. The number of carbonyl (C=O) groups excluding carboxylic acids is 1. The molecule has 2 aliphatic rings. The number of hydrogen-bond acceptors (Lipinski definition) is 7. The van der Waals surface area contributed by atoms with E-state index in [-0.39, 0.29) is 17.0 Å². The smallest absolute Gasteiger partial charge is 0.270 e. The van der Waals surface area contributed by atoms with Crippen molar-refractivity contribution in [2.24, 2.45) is 7.05 Å². The lowest BCUT2D eigenvalue weighted by Crippen LogP contribution is -2.48. The molecule has 0 unspecified atom stereocenters. The number of pyridine rings is 1. The van der Waals surface area contributed by atoms with Gasteiger partial charge in [-0.25, -0.2) is 0 Å². The van der Waals surface area contributed by atoms with Gasteiger partial charge in [-0.2, -0.15) is 5.26 Å². The van der Waals surface area contributed by atoms with E-state index in [2.05, 4.69) is 28.5 Å². The zero-order chi connectivity index (χ0) is 24.4. The van der Waals surface area contributed by atoms with Crippen molar-refractivity contribution >= 4 is 51.8 Å². The van der Waals surface area contributed by atoms with Crippen molar-refractivity contribution in [3.05, 3.63) is 74.9 Å². The quantitative estimate of drug-likeness (QED) is 0.361. The van der Waals surface area contributed by atoms with Crippen molar-refractivity contribution in [1.29, 1.82) is 5.26 Å². The molecule has 7 nitrogen and oxygen atoms in total. The van der Waals surface area contributed by atoms with E-state index in [0.29, 0.717) is 45.8 Å². The summed E-state index contributed by atoms with van der Waals surface area (Å²) in [5.74, 6) is 0.518. The highest BCUT2D eigenvalue weighted by Crippen LogP contribution is 2.36. The third kappa shape index (κ3) is 4.27. The molecular formula is C25H25N5O2S2. The normalized spacial score (nSPS) is 17.4. The molecule has 0 radical (unpaired) electrons. The molecule has 2 saturated heterocycles. The zero-order valence-electron chi connectivity index (χ0n) is 19.2. The Labute approximate surface area is 208 Å². The molecule has 1 aromatic carbocycles. The summed E-state index contributed by atoms with van der Waals surface area (Å²) >= 11 is 6.60. The van der Waals surface area contributed by atoms with Gasteiger partial charge in [0.05, 0.1) is 4.91 Å². The first-order chi connectivity index (χ1) is 16.4. The topological polar surface area (TPSA) is 72.6 Å². The van der Waals surface area contributed by atoms with Gasteiger partial charge in [0.1, 0.15) is 21.8 Å². The average Bonchev–Trinajstić information content (AvgIpc) is 3.11. The van der Waals surface area contributed by atoms with Crippen molar-refractivity contribution in [2.75, 3.05) is 42.5 Å². The molecule has 2 fully saturated rings. The summed E-state index contributed by atoms with van der Waals surface area (Å²) in [6.07, 6.45) is 3.41. The molecule has 1 aromatic heterocycles. The van der Waals surface area contributed by atoms with Crippen LogP contribution in [0.15, 0.2) is 52.7 Å². The van der Waals surface area contributed by atoms with Gasteiger partial charge < -0.3 is 9.80 Å². The number of carbonyl (C=O) groups is 1. The average molecular weight is 492 g/mol. The van der Waals surface area contributed by atoms with E-state index >= 15 is 0 Å². The lowest BCUT2D eigenvalue weighted by Gasteiger charge is -2.38. The van der Waals surface area contributed by atoms with Crippen molar-refractivity contribution in [2.45, 2.75) is 6.92 Å². The summed E-state index contributed by atoms with van der Waals surface area (Å²) < 4.78 is 2.00. The van der Waals surface area contributed by atoms with Crippen LogP contribution in [0.2, 0.25) is 0 Å². The number of anilines is 2. The van der Waals surface area contributed by atoms with Crippen molar-refractivity contribution < 1.29 is 4.79 Å². The Morgan fingerprint density at radius 2 is 1.79 bits per heavy atom. The highest BCUT2D eigenvalue weighted by molar-refractivity contribution is 8.26. The van der Waals surface area contributed by atoms with Crippen molar-refractivity contribution in [1.82, 2.24) is 9.47 Å². The van der Waals surface area contributed by atoms with E-state index in [4.69, 9.17) is 12.2 Å². The van der Waals surface area contributed by atoms with Gasteiger partial charge in [0, 0.05) is 51.0 Å². The predicted molar refractivity (Wildman–Crippen MR) is 142 cm³/mol. The maximum atomic E-state index is 13.0. The molecule has 0 aliphatic carbocycles. The van der Waals surface area contributed by atoms with Crippen LogP contribution in [0.5, 0.6) is 0 Å². The number of nitrogens with zero attached hydrogens (tertiary/aromatic N) is 5. The first kappa shape index (κ1) is 23.8. The van der Waals surface area contributed by atoms with Crippen LogP contribution in [0.4, 0.5) is 11.5 Å². The number of hydrogen-bond donors (Lipinski definition) is 0. The fraction of sp³-hybridized carbons (Fsp3) is 0.280. The number of thiocarbonyl (C=S) groups is 1. The van der Waals surface area contributed by atoms with Gasteiger partial charge in [0.15, 0.2) is 0 Å². The number of piperazine rings is 1. The lowest BCUT2D eigenvalue weighted by molar-refractivity contribution is -0.121. The summed E-state index contributed by atoms with van der Waals surface area (Å²) in [4.78, 5) is 32.4. The first-order valence-corrected chi connectivity index (χ1v) is 12.1. The molecule has 2 aromatic rings. The second kappa shape index (κ2) is 9.87. The standard InChI is InChI=1S/C25H25N5O2S2/c1-4-10-30-24(32)21(34-25(30)33)15-19-17(2)20(16-26)23(31)27(3)22(19)29-13-11-28(12-14-29)18-8-6-5-7-9-18/h4-9,15H,1,10-14H2,2-3H3/b21-15-. The van der Waals surface area contributed by atoms with E-state index < -0.39 is 0 Å². The molecule has 0 N–H and O–H groups in total. The second-order valence-corrected chi connectivity index (χ2v) is 9.78. The Balaban J connectivity index is 1.75. The Morgan fingerprint density at radius 1 is 1.15 bits per heavy atom. The Bertz CT molecular complexity index is 1290. The Morgan fingerprint density at radius 3 is 2.41 bits per heavy atom. The number of thioether (sulfide) groups is 1. The van der Waals surface area contributed by atoms with E-state index in [1.165, 1.54) is 21.2 Å². The number of para-hydroxylation sites is 1. The maximum absolute atomic E-state index is 13.0. The van der Waals surface area contributed by atoms with Gasteiger partial charge in [-0.1, -0.05) is 48.3 Å². The molecule has 0 saturated carbocycles. The number of aromatic nitrogens is 1. The molecule has 9 heteroatoms. The summed E-state index contributed by atoms with van der Waals surface area (Å²) in [5, 5.41) is 9.66. The summed E-state index contributed by atoms with van der Waals surface area (Å²) in [7, 11) is 1.68. The fourth-order valence-electron chi connectivity index (χ4n) is 4.33. The van der Waals surface area contributed by atoms with Gasteiger partial charge in [-0.05, 0) is 30.7 Å². The molecule has 4 rings (SSSR count). The van der Waals surface area contributed by atoms with E-state index in [0.717, 1.165) is 18.8 Å². The highest BCUT2D eigenvalue weighted by Gasteiger charge is 2.32. The molecule has 174 valence electrons. The van der Waals surface area contributed by atoms with Crippen LogP contribution in [0, 0.1) is 18.3 Å². The summed E-state index contributed by atoms with van der Waals surface area (Å²) in [5.41, 5.74) is 2.18. The lowest BCUT2D eigenvalue weighted by atomic mass is 10.0.